The number of ether oxygens (including phenoxy) is 1. The molecule has 22 nitrogen and oxygen atoms in total. The number of anilines is 1. The Hall–Kier alpha value is -9.72. The van der Waals surface area contributed by atoms with Crippen LogP contribution in [-0.2, 0) is 50.2 Å². The average molecular weight is 1960 g/mol. The van der Waals surface area contributed by atoms with Gasteiger partial charge in [0.15, 0.2) is 27.1 Å². The number of benzene rings is 10. The summed E-state index contributed by atoms with van der Waals surface area (Å²) in [5.41, 5.74) is 6.38. The van der Waals surface area contributed by atoms with Crippen LogP contribution >= 0.6 is 138 Å². The van der Waals surface area contributed by atoms with Gasteiger partial charge in [0.2, 0.25) is 0 Å². The summed E-state index contributed by atoms with van der Waals surface area (Å²) in [6.45, 7) is 4.11. The Morgan fingerprint density at radius 2 is 0.812 bits per heavy atom. The topological polar surface area (TPSA) is 318 Å². The van der Waals surface area contributed by atoms with Crippen LogP contribution in [0.15, 0.2) is 182 Å². The number of methoxy groups -OCH3 is 1. The molecule has 1 saturated carbocycles. The molecule has 6 N–H and O–H groups in total. The molecule has 32 heteroatoms. The molecule has 16 rings (SSSR count). The summed E-state index contributed by atoms with van der Waals surface area (Å²) in [4.78, 5) is 121. The highest BCUT2D eigenvalue weighted by atomic mass is 127. The molecule has 0 saturated heterocycles. The van der Waals surface area contributed by atoms with Crippen LogP contribution in [0.1, 0.15) is 56.2 Å². The number of halogens is 10. The fourth-order valence-electron chi connectivity index (χ4n) is 14.7. The quantitative estimate of drug-likeness (QED) is 0.0461. The Bertz CT molecular complexity index is 6890. The maximum atomic E-state index is 13.3. The van der Waals surface area contributed by atoms with Crippen molar-refractivity contribution in [2.45, 2.75) is 91.1 Å². The summed E-state index contributed by atoms with van der Waals surface area (Å²) in [5, 5.41) is 56.6. The van der Waals surface area contributed by atoms with Crippen molar-refractivity contribution in [1.29, 1.82) is 0 Å². The zero-order chi connectivity index (χ0) is 84.6. The molecule has 5 heterocycles. The summed E-state index contributed by atoms with van der Waals surface area (Å²) in [6, 6.07) is 43.5. The van der Waals surface area contributed by atoms with Crippen LogP contribution in [0.2, 0.25) is 40.2 Å². The number of pyridine rings is 5. The Morgan fingerprint density at radius 3 is 1.29 bits per heavy atom. The molecular formula is C85H64Cl8I2N6O16. The van der Waals surface area contributed by atoms with E-state index < -0.39 is 35.9 Å². The number of carboxylic acid groups (broad SMARTS) is 5. The number of aromatic nitrogens is 5. The van der Waals surface area contributed by atoms with Crippen LogP contribution in [0, 0.1) is 21.0 Å². The lowest BCUT2D eigenvalue weighted by Gasteiger charge is -2.25. The van der Waals surface area contributed by atoms with Crippen molar-refractivity contribution >= 4 is 283 Å². The number of hydrogen-bond donors (Lipinski definition) is 6. The van der Waals surface area contributed by atoms with Gasteiger partial charge in [0, 0.05) is 69.3 Å². The number of rotatable bonds is 13. The van der Waals surface area contributed by atoms with Crippen molar-refractivity contribution < 1.29 is 54.2 Å². The van der Waals surface area contributed by atoms with Gasteiger partial charge in [-0.2, -0.15) is 0 Å². The van der Waals surface area contributed by atoms with E-state index in [2.05, 4.69) is 27.9 Å². The van der Waals surface area contributed by atoms with Crippen LogP contribution < -0.4 is 37.2 Å². The second-order valence-corrected chi connectivity index (χ2v) is 32.6. The number of fused-ring (bicyclic) bond motifs is 10. The smallest absolute Gasteiger partial charge is 0.326 e. The first-order valence-corrected chi connectivity index (χ1v) is 40.8. The Morgan fingerprint density at radius 1 is 0.427 bits per heavy atom. The first-order chi connectivity index (χ1) is 55.7. The van der Waals surface area contributed by atoms with E-state index in [0.29, 0.717) is 140 Å². The molecular weight excluding hydrogens is 1900 g/mol. The van der Waals surface area contributed by atoms with Crippen molar-refractivity contribution in [3.8, 4) is 5.75 Å². The van der Waals surface area contributed by atoms with E-state index in [1.807, 2.05) is 41.6 Å². The number of nitrogens with zero attached hydrogens (tertiary/aromatic N) is 5. The van der Waals surface area contributed by atoms with Crippen molar-refractivity contribution in [2.24, 2.45) is 0 Å². The highest BCUT2D eigenvalue weighted by Crippen LogP contribution is 2.39. The van der Waals surface area contributed by atoms with E-state index in [9.17, 15) is 73.5 Å². The molecule has 0 radical (unpaired) electrons. The van der Waals surface area contributed by atoms with Crippen molar-refractivity contribution in [2.75, 3.05) is 12.4 Å². The van der Waals surface area contributed by atoms with Gasteiger partial charge in [-0.1, -0.05) is 148 Å². The molecule has 1 fully saturated rings. The molecule has 0 aliphatic heterocycles. The van der Waals surface area contributed by atoms with E-state index >= 15 is 0 Å². The van der Waals surface area contributed by atoms with E-state index in [1.54, 1.807) is 159 Å². The molecule has 1 atom stereocenters. The monoisotopic (exact) mass is 1960 g/mol. The minimum Gasteiger partial charge on any atom is -0.496 e. The summed E-state index contributed by atoms with van der Waals surface area (Å²) >= 11 is 53.8. The maximum absolute atomic E-state index is 13.3. The molecule has 0 amide bonds. The highest BCUT2D eigenvalue weighted by Gasteiger charge is 2.27. The lowest BCUT2D eigenvalue weighted by Crippen LogP contribution is -2.23. The first kappa shape index (κ1) is 86.6. The van der Waals surface area contributed by atoms with Crippen LogP contribution in [0.5, 0.6) is 5.75 Å². The maximum Gasteiger partial charge on any atom is 0.326 e. The number of aryl methyl sites for hydroxylation is 2. The third kappa shape index (κ3) is 17.2. The predicted octanol–water partition coefficient (Wildman–Crippen LogP) is 20.6. The second-order valence-electron chi connectivity index (χ2n) is 27.2. The van der Waals surface area contributed by atoms with Crippen molar-refractivity contribution in [3.05, 3.63) is 267 Å². The predicted molar refractivity (Wildman–Crippen MR) is 483 cm³/mol. The van der Waals surface area contributed by atoms with Gasteiger partial charge in [-0.25, -0.2) is 4.79 Å². The van der Waals surface area contributed by atoms with Gasteiger partial charge in [0.1, 0.15) is 38.0 Å². The molecule has 117 heavy (non-hydrogen) atoms. The minimum atomic E-state index is -1.05. The summed E-state index contributed by atoms with van der Waals surface area (Å²) in [7, 11) is 1.52. The SMILES string of the molecule is COc1ccc2c(c1C)c(=O)c1ccc(Cl)c(Cl)c1n2CC(=O)O.C[C@H](C(=O)O)n1c2ccccc2c(=O)c2ccc(Cl)c(Cl)c21.Cc1cc2c(cc1NC1CCCCC1)c(=O)c1ccc(Cl)c(Cl)c1n2CC(=O)O.O=C(O)Cn1c2ccccc2c(=O)c2ccc(Cl)c(I)c21.O=C(O)Cn1c2ccccc2c(=O)c2ccc(I)c(Cl)c21. The van der Waals surface area contributed by atoms with Crippen LogP contribution in [0.4, 0.5) is 5.69 Å². The Labute approximate surface area is 729 Å². The van der Waals surface area contributed by atoms with Crippen LogP contribution in [0.25, 0.3) is 109 Å². The van der Waals surface area contributed by atoms with Gasteiger partial charge in [0.25, 0.3) is 0 Å². The van der Waals surface area contributed by atoms with Gasteiger partial charge < -0.3 is 58.4 Å². The molecule has 0 bridgehead atoms. The summed E-state index contributed by atoms with van der Waals surface area (Å²) in [5.74, 6) is -4.49. The molecule has 600 valence electrons. The molecule has 0 unspecified atom stereocenters. The average Bonchev–Trinajstić information content (AvgIpc) is 0.794. The molecule has 1 aliphatic rings. The number of carboxylic acids is 5. The van der Waals surface area contributed by atoms with E-state index in [4.69, 9.17) is 97.5 Å². The van der Waals surface area contributed by atoms with E-state index in [1.165, 1.54) is 50.0 Å². The van der Waals surface area contributed by atoms with Gasteiger partial charge >= 0.3 is 29.8 Å². The zero-order valence-electron chi connectivity index (χ0n) is 61.8. The fourth-order valence-corrected chi connectivity index (χ4v) is 17.6. The third-order valence-corrected chi connectivity index (χ3v) is 25.8. The molecule has 10 aromatic carbocycles. The normalized spacial score (nSPS) is 12.4. The van der Waals surface area contributed by atoms with Crippen molar-refractivity contribution in [3.63, 3.8) is 0 Å². The Kier molecular flexibility index (Phi) is 26.8. The van der Waals surface area contributed by atoms with Crippen LogP contribution in [0.3, 0.4) is 0 Å². The summed E-state index contributed by atoms with van der Waals surface area (Å²) < 4.78 is 14.5. The first-order valence-electron chi connectivity index (χ1n) is 35.7. The number of para-hydroxylation sites is 3. The summed E-state index contributed by atoms with van der Waals surface area (Å²) in [6.07, 6.45) is 5.92. The Balaban J connectivity index is 0.000000135. The highest BCUT2D eigenvalue weighted by molar-refractivity contribution is 14.1. The van der Waals surface area contributed by atoms with Gasteiger partial charge in [-0.05, 0) is 206 Å². The standard InChI is InChI=1S/C22H22Cl2N2O3.C17H13Cl2NO4.C16H11Cl2NO3.2C15H9ClINO3/c1-12-9-18-15(10-17(12)25-13-5-3-2-4-6-13)22(29)14-7-8-16(23)20(24)21(14)26(18)11-19(27)28;1-8-12(24-2)6-5-11-14(8)17(23)9-3-4-10(18)15(19)16(9)20(11)7-13(21)22;1-8(16(21)22)19-12-5-3-2-4-9(12)15(20)10-6-7-11(17)13(18)14(10)19;16-13-10(17)6-5-9-14(13)18(7-12(19)20)11-4-2-1-3-8(11)15(9)21;16-10-6-5-9-14(13(10)17)18(7-12(19)20)11-4-2-1-3-8(11)15(9)21/h7-10,13,25H,2-6,11H2,1H3,(H,27,28);3-6H,7H2,1-2H3,(H,21,22);2-8H,1H3,(H,21,22);2*1-6H,7H2,(H,19,20)/t;;8-;;/m..1../s1. The lowest BCUT2D eigenvalue weighted by molar-refractivity contribution is -0.140. The number of nitrogens with one attached hydrogen (secondary N) is 1. The largest absolute Gasteiger partial charge is 0.496 e. The van der Waals surface area contributed by atoms with E-state index in [-0.39, 0.29) is 83.5 Å². The third-order valence-electron chi connectivity index (χ3n) is 20.1. The fraction of sp³-hybridized carbons (Fsp3) is 0.176. The second kappa shape index (κ2) is 36.2. The number of hydrogen-bond acceptors (Lipinski definition) is 12. The molecule has 0 spiro atoms. The van der Waals surface area contributed by atoms with E-state index in [0.717, 1.165) is 27.7 Å². The van der Waals surface area contributed by atoms with Gasteiger partial charge in [0.05, 0.1) is 111 Å². The number of aliphatic carboxylic acids is 5. The number of carbonyl (C=O) groups is 5. The van der Waals surface area contributed by atoms with Gasteiger partial charge in [-0.15, -0.1) is 0 Å². The molecule has 15 aromatic rings. The molecule has 5 aromatic heterocycles. The zero-order valence-corrected chi connectivity index (χ0v) is 72.1. The lowest BCUT2D eigenvalue weighted by atomic mass is 9.95. The minimum absolute atomic E-state index is 0.114. The van der Waals surface area contributed by atoms with Crippen LogP contribution in [-0.4, -0.2) is 91.4 Å². The van der Waals surface area contributed by atoms with Crippen molar-refractivity contribution in [1.82, 2.24) is 22.8 Å². The molecule has 1 aliphatic carbocycles. The van der Waals surface area contributed by atoms with Gasteiger partial charge in [-0.3, -0.25) is 43.2 Å².